The second-order valence-corrected chi connectivity index (χ2v) is 7.36. The van der Waals surface area contributed by atoms with Crippen molar-refractivity contribution in [3.8, 4) is 5.75 Å². The van der Waals surface area contributed by atoms with Gasteiger partial charge in [-0.15, -0.1) is 11.3 Å². The highest BCUT2D eigenvalue weighted by Crippen LogP contribution is 2.33. The van der Waals surface area contributed by atoms with Gasteiger partial charge in [-0.25, -0.2) is 9.78 Å². The van der Waals surface area contributed by atoms with Crippen molar-refractivity contribution in [2.24, 2.45) is 0 Å². The highest BCUT2D eigenvalue weighted by molar-refractivity contribution is 7.17. The van der Waals surface area contributed by atoms with Gasteiger partial charge in [-0.1, -0.05) is 30.3 Å². The second kappa shape index (κ2) is 8.20. The Morgan fingerprint density at radius 2 is 2.00 bits per heavy atom. The Balaban J connectivity index is 1.48. The molecule has 6 nitrogen and oxygen atoms in total. The van der Waals surface area contributed by atoms with Crippen LogP contribution >= 0.6 is 11.3 Å². The van der Waals surface area contributed by atoms with Gasteiger partial charge < -0.3 is 20.9 Å². The minimum atomic E-state index is -1.02. The standard InChI is InChI=1S/C22H19N3O3S/c23-21-19-15(13-29-20(19)18(11-25-21)22(26)27)12-28-17-8-4-5-14(9-17)10-24-16-6-2-1-3-7-16/h1-9,11,13,24H,10,12H2,(H2,23,25)(H,26,27). The third-order valence-corrected chi connectivity index (χ3v) is 5.56. The average Bonchev–Trinajstić information content (AvgIpc) is 3.17. The Kier molecular flexibility index (Phi) is 5.31. The molecule has 0 radical (unpaired) electrons. The molecule has 0 aliphatic heterocycles. The summed E-state index contributed by atoms with van der Waals surface area (Å²) in [5.74, 6) is 0.0266. The molecule has 2 aromatic carbocycles. The first-order valence-electron chi connectivity index (χ1n) is 9.00. The summed E-state index contributed by atoms with van der Waals surface area (Å²) in [7, 11) is 0. The number of carbonyl (C=O) groups is 1. The fourth-order valence-corrected chi connectivity index (χ4v) is 4.12. The minimum Gasteiger partial charge on any atom is -0.489 e. The zero-order valence-electron chi connectivity index (χ0n) is 15.5. The van der Waals surface area contributed by atoms with Crippen LogP contribution in [0.3, 0.4) is 0 Å². The van der Waals surface area contributed by atoms with Gasteiger partial charge in [-0.05, 0) is 35.2 Å². The minimum absolute atomic E-state index is 0.152. The average molecular weight is 405 g/mol. The summed E-state index contributed by atoms with van der Waals surface area (Å²) in [6, 6.07) is 17.9. The van der Waals surface area contributed by atoms with Crippen LogP contribution in [-0.2, 0) is 13.2 Å². The van der Waals surface area contributed by atoms with Crippen LogP contribution in [0.2, 0.25) is 0 Å². The number of para-hydroxylation sites is 1. The molecular weight excluding hydrogens is 386 g/mol. The number of fused-ring (bicyclic) bond motifs is 1. The van der Waals surface area contributed by atoms with Crippen LogP contribution in [-0.4, -0.2) is 16.1 Å². The normalized spacial score (nSPS) is 10.8. The fraction of sp³-hybridized carbons (Fsp3) is 0.0909. The Bertz CT molecular complexity index is 1160. The molecule has 0 atom stereocenters. The highest BCUT2D eigenvalue weighted by atomic mass is 32.1. The fourth-order valence-electron chi connectivity index (χ4n) is 3.05. The molecule has 0 saturated carbocycles. The molecule has 0 unspecified atom stereocenters. The number of nitrogens with one attached hydrogen (secondary N) is 1. The number of pyridine rings is 1. The van der Waals surface area contributed by atoms with E-state index >= 15 is 0 Å². The molecule has 0 spiro atoms. The lowest BCUT2D eigenvalue weighted by Crippen LogP contribution is -2.02. The maximum atomic E-state index is 11.4. The number of nitrogens with two attached hydrogens (primary N) is 1. The lowest BCUT2D eigenvalue weighted by Gasteiger charge is -2.10. The van der Waals surface area contributed by atoms with Gasteiger partial charge in [0, 0.05) is 29.4 Å². The third-order valence-electron chi connectivity index (χ3n) is 4.49. The van der Waals surface area contributed by atoms with Crippen LogP contribution in [0.4, 0.5) is 11.5 Å². The molecule has 7 heteroatoms. The van der Waals surface area contributed by atoms with Gasteiger partial charge in [0.2, 0.25) is 0 Å². The van der Waals surface area contributed by atoms with Gasteiger partial charge in [-0.2, -0.15) is 0 Å². The lowest BCUT2D eigenvalue weighted by atomic mass is 10.1. The first-order valence-corrected chi connectivity index (χ1v) is 9.88. The van der Waals surface area contributed by atoms with Gasteiger partial charge >= 0.3 is 5.97 Å². The summed E-state index contributed by atoms with van der Waals surface area (Å²) >= 11 is 1.34. The van der Waals surface area contributed by atoms with E-state index in [1.165, 1.54) is 17.5 Å². The van der Waals surface area contributed by atoms with E-state index in [0.717, 1.165) is 22.6 Å². The second-order valence-electron chi connectivity index (χ2n) is 6.48. The predicted octanol–water partition coefficient (Wildman–Crippen LogP) is 4.77. The molecule has 0 saturated heterocycles. The summed E-state index contributed by atoms with van der Waals surface area (Å²) in [6.45, 7) is 0.964. The number of aromatic nitrogens is 1. The molecule has 0 amide bonds. The van der Waals surface area contributed by atoms with E-state index in [-0.39, 0.29) is 12.2 Å². The zero-order chi connectivity index (χ0) is 20.2. The number of hydrogen-bond donors (Lipinski definition) is 3. The first-order chi connectivity index (χ1) is 14.1. The number of rotatable bonds is 7. The van der Waals surface area contributed by atoms with E-state index in [1.807, 2.05) is 60.0 Å². The largest absolute Gasteiger partial charge is 0.489 e. The van der Waals surface area contributed by atoms with E-state index in [4.69, 9.17) is 10.5 Å². The molecule has 29 heavy (non-hydrogen) atoms. The Hall–Kier alpha value is -3.58. The maximum absolute atomic E-state index is 11.4. The van der Waals surface area contributed by atoms with Crippen molar-refractivity contribution in [3.63, 3.8) is 0 Å². The summed E-state index contributed by atoms with van der Waals surface area (Å²) < 4.78 is 6.57. The summed E-state index contributed by atoms with van der Waals surface area (Å²) in [4.78, 5) is 15.4. The predicted molar refractivity (Wildman–Crippen MR) is 116 cm³/mol. The number of hydrogen-bond acceptors (Lipinski definition) is 6. The van der Waals surface area contributed by atoms with E-state index in [2.05, 4.69) is 10.3 Å². The van der Waals surface area contributed by atoms with Crippen LogP contribution < -0.4 is 15.8 Å². The number of thiophene rings is 1. The number of carboxylic acid groups (broad SMARTS) is 1. The molecule has 146 valence electrons. The summed E-state index contributed by atoms with van der Waals surface area (Å²) in [5, 5.41) is 15.2. The maximum Gasteiger partial charge on any atom is 0.338 e. The number of benzene rings is 2. The molecule has 0 aliphatic carbocycles. The van der Waals surface area contributed by atoms with Crippen LogP contribution in [0.1, 0.15) is 21.5 Å². The topological polar surface area (TPSA) is 97.5 Å². The molecule has 4 aromatic rings. The van der Waals surface area contributed by atoms with Crippen molar-refractivity contribution < 1.29 is 14.6 Å². The van der Waals surface area contributed by atoms with Crippen LogP contribution in [0.5, 0.6) is 5.75 Å². The molecule has 4 rings (SSSR count). The van der Waals surface area contributed by atoms with Gasteiger partial charge in [0.05, 0.1) is 10.3 Å². The monoisotopic (exact) mass is 405 g/mol. The molecule has 0 fully saturated rings. The van der Waals surface area contributed by atoms with Gasteiger partial charge in [0.15, 0.2) is 0 Å². The first kappa shape index (κ1) is 18.8. The quantitative estimate of drug-likeness (QED) is 0.410. The molecule has 4 N–H and O–H groups in total. The van der Waals surface area contributed by atoms with Gasteiger partial charge in [0.25, 0.3) is 0 Å². The molecule has 2 aromatic heterocycles. The molecule has 0 bridgehead atoms. The van der Waals surface area contributed by atoms with Crippen LogP contribution in [0.25, 0.3) is 10.1 Å². The van der Waals surface area contributed by atoms with Crippen molar-refractivity contribution in [1.29, 1.82) is 0 Å². The lowest BCUT2D eigenvalue weighted by molar-refractivity contribution is 0.0699. The SMILES string of the molecule is Nc1ncc(C(=O)O)c2scc(COc3cccc(CNc4ccccc4)c3)c12. The van der Waals surface area contributed by atoms with Crippen molar-refractivity contribution >= 4 is 38.9 Å². The summed E-state index contributed by atoms with van der Waals surface area (Å²) in [5.41, 5.74) is 9.12. The Morgan fingerprint density at radius 1 is 1.17 bits per heavy atom. The van der Waals surface area contributed by atoms with E-state index in [0.29, 0.717) is 22.4 Å². The van der Waals surface area contributed by atoms with Crippen molar-refractivity contribution in [2.75, 3.05) is 11.1 Å². The number of carboxylic acids is 1. The van der Waals surface area contributed by atoms with Crippen molar-refractivity contribution in [2.45, 2.75) is 13.2 Å². The zero-order valence-corrected chi connectivity index (χ0v) is 16.3. The van der Waals surface area contributed by atoms with E-state index in [1.54, 1.807) is 0 Å². The number of nitrogen functional groups attached to an aromatic ring is 1. The Labute approximate surface area is 171 Å². The van der Waals surface area contributed by atoms with Crippen LogP contribution in [0, 0.1) is 0 Å². The molecule has 0 aliphatic rings. The summed E-state index contributed by atoms with van der Waals surface area (Å²) in [6.07, 6.45) is 1.30. The Morgan fingerprint density at radius 3 is 2.79 bits per heavy atom. The van der Waals surface area contributed by atoms with E-state index in [9.17, 15) is 9.90 Å². The number of ether oxygens (including phenoxy) is 1. The number of nitrogens with zero attached hydrogens (tertiary/aromatic N) is 1. The third kappa shape index (κ3) is 4.14. The highest BCUT2D eigenvalue weighted by Gasteiger charge is 2.16. The van der Waals surface area contributed by atoms with Crippen molar-refractivity contribution in [1.82, 2.24) is 4.98 Å². The number of aromatic carboxylic acids is 1. The van der Waals surface area contributed by atoms with Gasteiger partial charge in [0.1, 0.15) is 18.2 Å². The van der Waals surface area contributed by atoms with E-state index < -0.39 is 5.97 Å². The number of anilines is 2. The van der Waals surface area contributed by atoms with Crippen LogP contribution in [0.15, 0.2) is 66.2 Å². The smallest absolute Gasteiger partial charge is 0.338 e. The van der Waals surface area contributed by atoms with Gasteiger partial charge in [-0.3, -0.25) is 0 Å². The van der Waals surface area contributed by atoms with Crippen molar-refractivity contribution in [3.05, 3.63) is 82.9 Å². The molecular formula is C22H19N3O3S. The molecule has 2 heterocycles.